The zero-order valence-electron chi connectivity index (χ0n) is 10.6. The maximum absolute atomic E-state index is 12.0. The van der Waals surface area contributed by atoms with Gasteiger partial charge in [0, 0.05) is 7.05 Å². The van der Waals surface area contributed by atoms with Gasteiger partial charge in [-0.1, -0.05) is 18.2 Å². The number of nitrogens with one attached hydrogen (secondary N) is 1. The van der Waals surface area contributed by atoms with Gasteiger partial charge in [-0.05, 0) is 12.1 Å². The van der Waals surface area contributed by atoms with E-state index in [2.05, 4.69) is 5.32 Å². The molecule has 4 amide bonds. The van der Waals surface area contributed by atoms with Crippen LogP contribution in [-0.2, 0) is 9.63 Å². The molecule has 0 aromatic heterocycles. The van der Waals surface area contributed by atoms with Gasteiger partial charge in [0.15, 0.2) is 0 Å². The number of nitrogens with zero attached hydrogens (tertiary/aromatic N) is 2. The minimum atomic E-state index is -0.733. The highest BCUT2D eigenvalue weighted by atomic mass is 16.7. The van der Waals surface area contributed by atoms with Crippen molar-refractivity contribution in [3.05, 3.63) is 30.3 Å². The van der Waals surface area contributed by atoms with Crippen LogP contribution in [0.1, 0.15) is 0 Å². The summed E-state index contributed by atoms with van der Waals surface area (Å²) in [6.45, 7) is -0.299. The van der Waals surface area contributed by atoms with Gasteiger partial charge >= 0.3 is 12.1 Å². The molecule has 0 fully saturated rings. The molecule has 1 aromatic carbocycles. The molecule has 0 atom stereocenters. The van der Waals surface area contributed by atoms with Crippen molar-refractivity contribution in [2.75, 3.05) is 25.6 Å². The van der Waals surface area contributed by atoms with Crippen molar-refractivity contribution in [3.8, 4) is 0 Å². The predicted octanol–water partition coefficient (Wildman–Crippen LogP) is 0.925. The second-order valence-electron chi connectivity index (χ2n) is 3.44. The van der Waals surface area contributed by atoms with E-state index < -0.39 is 12.1 Å². The van der Waals surface area contributed by atoms with Gasteiger partial charge in [-0.15, -0.1) is 0 Å². The number of para-hydroxylation sites is 1. The minimum absolute atomic E-state index is 0.299. The number of anilines is 1. The number of hydrogen-bond donors (Lipinski definition) is 1. The Hall–Kier alpha value is -2.41. The number of carbonyl (C=O) groups excluding carboxylic acids is 3. The fourth-order valence-electron chi connectivity index (χ4n) is 1.30. The number of rotatable bonds is 4. The highest BCUT2D eigenvalue weighted by Crippen LogP contribution is 2.15. The summed E-state index contributed by atoms with van der Waals surface area (Å²) in [5, 5.41) is 3.15. The normalized spacial score (nSPS) is 9.58. The average molecular weight is 264 g/mol. The van der Waals surface area contributed by atoms with E-state index in [0.29, 0.717) is 5.69 Å². The van der Waals surface area contributed by atoms with Crippen LogP contribution in [0.5, 0.6) is 0 Å². The summed E-state index contributed by atoms with van der Waals surface area (Å²) in [5.41, 5.74) is 0.361. The summed E-state index contributed by atoms with van der Waals surface area (Å²) in [5.74, 6) is 0. The van der Waals surface area contributed by atoms with E-state index in [4.69, 9.17) is 4.84 Å². The van der Waals surface area contributed by atoms with Crippen molar-refractivity contribution in [1.82, 2.24) is 10.4 Å². The average Bonchev–Trinajstić information content (AvgIpc) is 2.45. The van der Waals surface area contributed by atoms with Crippen LogP contribution in [-0.4, -0.2) is 44.1 Å². The molecule has 0 unspecified atom stereocenters. The third-order valence-corrected chi connectivity index (χ3v) is 2.26. The van der Waals surface area contributed by atoms with E-state index >= 15 is 0 Å². The third kappa shape index (κ3) is 3.78. The first-order valence-electron chi connectivity index (χ1n) is 5.41. The molecule has 7 heteroatoms. The Morgan fingerprint density at radius 2 is 1.95 bits per heavy atom. The van der Waals surface area contributed by atoms with Gasteiger partial charge in [0.05, 0.1) is 19.3 Å². The molecule has 0 saturated heterocycles. The summed E-state index contributed by atoms with van der Waals surface area (Å²) in [6, 6.07) is 6.88. The highest BCUT2D eigenvalue weighted by molar-refractivity contribution is 6.13. The van der Waals surface area contributed by atoms with Crippen molar-refractivity contribution >= 4 is 24.0 Å². The monoisotopic (exact) mass is 264 g/mol. The van der Waals surface area contributed by atoms with Gasteiger partial charge in [0.2, 0.25) is 6.29 Å². The van der Waals surface area contributed by atoms with Crippen LogP contribution in [0.2, 0.25) is 0 Å². The summed E-state index contributed by atoms with van der Waals surface area (Å²) >= 11 is 0. The van der Waals surface area contributed by atoms with Crippen LogP contribution >= 0.6 is 0 Å². The Kier molecular flexibility index (Phi) is 5.49. The van der Waals surface area contributed by atoms with Gasteiger partial charge in [-0.2, -0.15) is 0 Å². The number of hydroxylamine groups is 2. The number of benzene rings is 1. The molecule has 19 heavy (non-hydrogen) atoms. The highest BCUT2D eigenvalue weighted by Gasteiger charge is 2.26. The lowest BCUT2D eigenvalue weighted by Gasteiger charge is -2.24. The maximum atomic E-state index is 12.0. The second kappa shape index (κ2) is 7.12. The Bertz CT molecular complexity index is 450. The van der Waals surface area contributed by atoms with Crippen LogP contribution in [0.4, 0.5) is 15.3 Å². The van der Waals surface area contributed by atoms with Crippen molar-refractivity contribution in [2.45, 2.75) is 0 Å². The van der Waals surface area contributed by atoms with Crippen LogP contribution in [0.3, 0.4) is 0 Å². The number of amides is 4. The lowest BCUT2D eigenvalue weighted by atomic mass is 10.3. The smallest absolute Gasteiger partial charge is 0.330 e. The Balaban J connectivity index is 3.01. The van der Waals surface area contributed by atoms with Crippen LogP contribution in [0.25, 0.3) is 0 Å². The quantitative estimate of drug-likeness (QED) is 0.820. The molecule has 0 bridgehead atoms. The van der Waals surface area contributed by atoms with Gasteiger partial charge < -0.3 is 5.32 Å². The largest absolute Gasteiger partial charge is 0.356 e. The molecule has 0 spiro atoms. The Labute approximate surface area is 110 Å². The number of imide groups is 1. The molecule has 1 N–H and O–H groups in total. The van der Waals surface area contributed by atoms with Crippen LogP contribution in [0.15, 0.2) is 30.3 Å². The fourth-order valence-corrected chi connectivity index (χ4v) is 1.30. The lowest BCUT2D eigenvalue weighted by Crippen LogP contribution is -2.49. The molecule has 0 saturated carbocycles. The number of hydrogen-bond acceptors (Lipinski definition) is 4. The molecule has 0 aliphatic carbocycles. The van der Waals surface area contributed by atoms with Gasteiger partial charge in [-0.3, -0.25) is 9.63 Å². The Morgan fingerprint density at radius 3 is 2.47 bits per heavy atom. The molecule has 1 rings (SSSR count). The van der Waals surface area contributed by atoms with Gasteiger partial charge in [0.25, 0.3) is 0 Å². The van der Waals surface area contributed by atoms with Crippen molar-refractivity contribution < 1.29 is 19.2 Å². The van der Waals surface area contributed by atoms with E-state index in [9.17, 15) is 14.4 Å². The van der Waals surface area contributed by atoms with Gasteiger partial charge in [-0.25, -0.2) is 19.6 Å². The second-order valence-corrected chi connectivity index (χ2v) is 3.44. The molecule has 0 aliphatic rings. The first-order valence-corrected chi connectivity index (χ1v) is 5.41. The van der Waals surface area contributed by atoms with Gasteiger partial charge in [0.1, 0.15) is 0 Å². The molecular formula is C12H14N3O4. The van der Waals surface area contributed by atoms with Crippen molar-refractivity contribution in [1.29, 1.82) is 0 Å². The SMILES string of the molecule is CON(C)C(=O)N(C(=O)NC[C]=O)c1ccccc1. The van der Waals surface area contributed by atoms with E-state index in [0.717, 1.165) is 9.96 Å². The van der Waals surface area contributed by atoms with Crippen LogP contribution in [0, 0.1) is 0 Å². The summed E-state index contributed by atoms with van der Waals surface area (Å²) in [6.07, 6.45) is 1.52. The van der Waals surface area contributed by atoms with Crippen molar-refractivity contribution in [3.63, 3.8) is 0 Å². The number of carbonyl (C=O) groups is 2. The topological polar surface area (TPSA) is 79.0 Å². The fraction of sp³-hybridized carbons (Fsp3) is 0.250. The van der Waals surface area contributed by atoms with Crippen LogP contribution < -0.4 is 10.2 Å². The first kappa shape index (κ1) is 14.7. The predicted molar refractivity (Wildman–Crippen MR) is 68.2 cm³/mol. The summed E-state index contributed by atoms with van der Waals surface area (Å²) in [7, 11) is 2.68. The first-order chi connectivity index (χ1) is 9.11. The van der Waals surface area contributed by atoms with E-state index in [1.807, 2.05) is 0 Å². The molecular weight excluding hydrogens is 250 g/mol. The minimum Gasteiger partial charge on any atom is -0.330 e. The maximum Gasteiger partial charge on any atom is 0.356 e. The molecule has 101 valence electrons. The third-order valence-electron chi connectivity index (χ3n) is 2.26. The van der Waals surface area contributed by atoms with E-state index in [-0.39, 0.29) is 6.54 Å². The van der Waals surface area contributed by atoms with E-state index in [1.165, 1.54) is 20.4 Å². The summed E-state index contributed by atoms with van der Waals surface area (Å²) in [4.78, 5) is 39.7. The lowest BCUT2D eigenvalue weighted by molar-refractivity contribution is -0.0615. The molecule has 0 aliphatic heterocycles. The van der Waals surface area contributed by atoms with Crippen molar-refractivity contribution in [2.24, 2.45) is 0 Å². The molecule has 0 heterocycles. The number of urea groups is 2. The van der Waals surface area contributed by atoms with E-state index in [1.54, 1.807) is 30.3 Å². The molecule has 1 aromatic rings. The molecule has 1 radical (unpaired) electrons. The Morgan fingerprint density at radius 1 is 1.32 bits per heavy atom. The zero-order valence-corrected chi connectivity index (χ0v) is 10.6. The summed E-state index contributed by atoms with van der Waals surface area (Å²) < 4.78 is 0. The molecule has 7 nitrogen and oxygen atoms in total. The zero-order chi connectivity index (χ0) is 14.3. The standard InChI is InChI=1S/C12H14N3O4/c1-14(19-2)12(18)15(11(17)13-8-9-16)10-6-4-3-5-7-10/h3-7H,8H2,1-2H3,(H,13,17).